The number of nitrogens with zero attached hydrogens (tertiary/aromatic N) is 4. The van der Waals surface area contributed by atoms with Gasteiger partial charge in [-0.2, -0.15) is 0 Å². The number of hydrogen-bond donors (Lipinski definition) is 2. The molecule has 4 aromatic rings. The standard InChI is InChI=1S/C27H27FN6O2/c1-33(2)14-17-9-19(3-4-20(17)16-6-8-36-15-16)32-26-25-22(12-31-27(25)35)21(11-30-26)23-13-29-24-10-18(28)5-7-34(23)24/h3-5,7,9-11,13,16H,6,8,12,14-15H2,1-2H3,(H,30,32)(H,31,35). The molecular weight excluding hydrogens is 459 g/mol. The Labute approximate surface area is 208 Å². The minimum Gasteiger partial charge on any atom is -0.381 e. The summed E-state index contributed by atoms with van der Waals surface area (Å²) in [4.78, 5) is 24.0. The van der Waals surface area contributed by atoms with E-state index in [0.29, 0.717) is 29.5 Å². The second kappa shape index (κ2) is 9.00. The molecular formula is C27H27FN6O2. The number of carbonyl (C=O) groups excluding carboxylic acids is 1. The molecule has 1 atom stereocenters. The third-order valence-corrected chi connectivity index (χ3v) is 6.85. The van der Waals surface area contributed by atoms with E-state index in [2.05, 4.69) is 51.7 Å². The lowest BCUT2D eigenvalue weighted by atomic mass is 9.93. The van der Waals surface area contributed by atoms with E-state index >= 15 is 0 Å². The number of aromatic nitrogens is 3. The molecule has 184 valence electrons. The van der Waals surface area contributed by atoms with Crippen molar-refractivity contribution in [2.45, 2.75) is 25.4 Å². The lowest BCUT2D eigenvalue weighted by Gasteiger charge is -2.20. The van der Waals surface area contributed by atoms with E-state index in [0.717, 1.165) is 48.7 Å². The van der Waals surface area contributed by atoms with Crippen LogP contribution in [-0.2, 0) is 17.8 Å². The Balaban J connectivity index is 1.38. The maximum atomic E-state index is 13.7. The highest BCUT2D eigenvalue weighted by Crippen LogP contribution is 2.35. The molecule has 6 rings (SSSR count). The number of nitrogens with one attached hydrogen (secondary N) is 2. The third kappa shape index (κ3) is 4.00. The molecule has 1 unspecified atom stereocenters. The van der Waals surface area contributed by atoms with Crippen molar-refractivity contribution in [2.24, 2.45) is 0 Å². The summed E-state index contributed by atoms with van der Waals surface area (Å²) >= 11 is 0. The molecule has 1 aromatic carbocycles. The highest BCUT2D eigenvalue weighted by Gasteiger charge is 2.29. The first kappa shape index (κ1) is 22.6. The first-order valence-corrected chi connectivity index (χ1v) is 12.0. The highest BCUT2D eigenvalue weighted by atomic mass is 19.1. The number of imidazole rings is 1. The average Bonchev–Trinajstić information content (AvgIpc) is 3.60. The van der Waals surface area contributed by atoms with Gasteiger partial charge in [0, 0.05) is 55.3 Å². The highest BCUT2D eigenvalue weighted by molar-refractivity contribution is 6.05. The molecule has 3 aromatic heterocycles. The SMILES string of the molecule is CN(C)Cc1cc(Nc2ncc(-c3cnc4cc(F)ccn34)c3c2C(=O)NC3)ccc1C1CCOC1. The summed E-state index contributed by atoms with van der Waals surface area (Å²) < 4.78 is 21.1. The van der Waals surface area contributed by atoms with Gasteiger partial charge in [0.15, 0.2) is 0 Å². The van der Waals surface area contributed by atoms with Gasteiger partial charge in [-0.15, -0.1) is 0 Å². The molecule has 2 aliphatic heterocycles. The molecule has 0 bridgehead atoms. The van der Waals surface area contributed by atoms with Gasteiger partial charge in [-0.3, -0.25) is 9.20 Å². The Morgan fingerprint density at radius 2 is 2.11 bits per heavy atom. The topological polar surface area (TPSA) is 83.8 Å². The summed E-state index contributed by atoms with van der Waals surface area (Å²) in [6.07, 6.45) is 6.10. The van der Waals surface area contributed by atoms with Crippen LogP contribution in [0.5, 0.6) is 0 Å². The molecule has 8 nitrogen and oxygen atoms in total. The second-order valence-electron chi connectivity index (χ2n) is 9.61. The Morgan fingerprint density at radius 1 is 1.22 bits per heavy atom. The molecule has 2 aliphatic rings. The second-order valence-corrected chi connectivity index (χ2v) is 9.61. The predicted octanol–water partition coefficient (Wildman–Crippen LogP) is 4.09. The average molecular weight is 487 g/mol. The van der Waals surface area contributed by atoms with Crippen LogP contribution in [0.1, 0.15) is 39.4 Å². The zero-order valence-corrected chi connectivity index (χ0v) is 20.2. The first-order chi connectivity index (χ1) is 17.5. The van der Waals surface area contributed by atoms with Gasteiger partial charge in [0.05, 0.1) is 24.1 Å². The Hall–Kier alpha value is -3.82. The van der Waals surface area contributed by atoms with E-state index in [9.17, 15) is 9.18 Å². The fraction of sp³-hybridized carbons (Fsp3) is 0.296. The van der Waals surface area contributed by atoms with Crippen molar-refractivity contribution in [1.82, 2.24) is 24.6 Å². The molecule has 1 fully saturated rings. The maximum Gasteiger partial charge on any atom is 0.255 e. The normalized spacial score (nSPS) is 17.1. The van der Waals surface area contributed by atoms with Gasteiger partial charge in [-0.05, 0) is 55.4 Å². The molecule has 2 N–H and O–H groups in total. The van der Waals surface area contributed by atoms with Crippen LogP contribution >= 0.6 is 0 Å². The molecule has 9 heteroatoms. The monoisotopic (exact) mass is 486 g/mol. The molecule has 36 heavy (non-hydrogen) atoms. The van der Waals surface area contributed by atoms with Crippen LogP contribution in [0.25, 0.3) is 16.9 Å². The van der Waals surface area contributed by atoms with Crippen molar-refractivity contribution in [3.63, 3.8) is 0 Å². The van der Waals surface area contributed by atoms with E-state index in [1.54, 1.807) is 23.0 Å². The van der Waals surface area contributed by atoms with Crippen molar-refractivity contribution in [3.8, 4) is 11.3 Å². The number of fused-ring (bicyclic) bond motifs is 2. The van der Waals surface area contributed by atoms with E-state index in [1.807, 2.05) is 6.07 Å². The number of hydrogen-bond acceptors (Lipinski definition) is 6. The smallest absolute Gasteiger partial charge is 0.255 e. The quantitative estimate of drug-likeness (QED) is 0.427. The zero-order valence-electron chi connectivity index (χ0n) is 20.2. The van der Waals surface area contributed by atoms with E-state index < -0.39 is 0 Å². The molecule has 0 saturated carbocycles. The molecule has 0 radical (unpaired) electrons. The lowest BCUT2D eigenvalue weighted by Crippen LogP contribution is -2.15. The van der Waals surface area contributed by atoms with Gasteiger partial charge < -0.3 is 20.3 Å². The number of amides is 1. The van der Waals surface area contributed by atoms with Crippen molar-refractivity contribution in [3.05, 3.63) is 77.0 Å². The number of halogens is 1. The number of pyridine rings is 2. The van der Waals surface area contributed by atoms with Crippen molar-refractivity contribution >= 4 is 23.1 Å². The van der Waals surface area contributed by atoms with Gasteiger partial charge >= 0.3 is 0 Å². The van der Waals surface area contributed by atoms with Gasteiger partial charge in [-0.25, -0.2) is 14.4 Å². The van der Waals surface area contributed by atoms with Crippen LogP contribution in [0.3, 0.4) is 0 Å². The number of benzene rings is 1. The maximum absolute atomic E-state index is 13.7. The van der Waals surface area contributed by atoms with Crippen LogP contribution in [0.4, 0.5) is 15.9 Å². The van der Waals surface area contributed by atoms with E-state index in [4.69, 9.17) is 4.74 Å². The Bertz CT molecular complexity index is 1470. The molecule has 1 amide bonds. The molecule has 0 aliphatic carbocycles. The van der Waals surface area contributed by atoms with Gasteiger partial charge in [-0.1, -0.05) is 6.07 Å². The van der Waals surface area contributed by atoms with Gasteiger partial charge in [0.1, 0.15) is 17.3 Å². The van der Waals surface area contributed by atoms with Gasteiger partial charge in [0.2, 0.25) is 0 Å². The van der Waals surface area contributed by atoms with Crippen LogP contribution in [0, 0.1) is 5.82 Å². The van der Waals surface area contributed by atoms with Crippen LogP contribution in [0.2, 0.25) is 0 Å². The first-order valence-electron chi connectivity index (χ1n) is 12.0. The van der Waals surface area contributed by atoms with E-state index in [-0.39, 0.29) is 11.7 Å². The van der Waals surface area contributed by atoms with Crippen LogP contribution in [0.15, 0.2) is 48.9 Å². The fourth-order valence-corrected chi connectivity index (χ4v) is 5.18. The van der Waals surface area contributed by atoms with E-state index in [1.165, 1.54) is 23.3 Å². The number of carbonyl (C=O) groups is 1. The summed E-state index contributed by atoms with van der Waals surface area (Å²) in [6.45, 7) is 2.74. The minimum atomic E-state index is -0.348. The summed E-state index contributed by atoms with van der Waals surface area (Å²) in [5.74, 6) is 0.395. The molecule has 5 heterocycles. The van der Waals surface area contributed by atoms with Crippen molar-refractivity contribution < 1.29 is 13.9 Å². The summed E-state index contributed by atoms with van der Waals surface area (Å²) in [6, 6.07) is 9.11. The Morgan fingerprint density at radius 3 is 2.92 bits per heavy atom. The predicted molar refractivity (Wildman–Crippen MR) is 135 cm³/mol. The minimum absolute atomic E-state index is 0.171. The number of rotatable bonds is 6. The molecule has 0 spiro atoms. The summed E-state index contributed by atoms with van der Waals surface area (Å²) in [7, 11) is 4.11. The molecule has 1 saturated heterocycles. The van der Waals surface area contributed by atoms with Crippen LogP contribution < -0.4 is 10.6 Å². The number of anilines is 2. The number of ether oxygens (including phenoxy) is 1. The lowest BCUT2D eigenvalue weighted by molar-refractivity contribution is 0.0966. The largest absolute Gasteiger partial charge is 0.381 e. The summed E-state index contributed by atoms with van der Waals surface area (Å²) in [5.41, 5.74) is 6.83. The zero-order chi connectivity index (χ0) is 24.8. The Kier molecular flexibility index (Phi) is 5.66. The third-order valence-electron chi connectivity index (χ3n) is 6.85. The van der Waals surface area contributed by atoms with Crippen LogP contribution in [-0.4, -0.2) is 52.5 Å². The van der Waals surface area contributed by atoms with Crippen molar-refractivity contribution in [2.75, 3.05) is 32.6 Å². The summed E-state index contributed by atoms with van der Waals surface area (Å²) in [5, 5.41) is 6.31. The fourth-order valence-electron chi connectivity index (χ4n) is 5.18. The van der Waals surface area contributed by atoms with Crippen molar-refractivity contribution in [1.29, 1.82) is 0 Å². The van der Waals surface area contributed by atoms with Gasteiger partial charge in [0.25, 0.3) is 5.91 Å².